The molecule has 0 radical (unpaired) electrons. The largest absolute Gasteiger partial charge is 0.465 e. The van der Waals surface area contributed by atoms with Crippen LogP contribution in [0.15, 0.2) is 103 Å². The van der Waals surface area contributed by atoms with E-state index in [1.165, 1.54) is 12.0 Å². The van der Waals surface area contributed by atoms with E-state index in [1.807, 2.05) is 36.4 Å². The molecule has 4 atom stereocenters. The lowest BCUT2D eigenvalue weighted by atomic mass is 9.85. The van der Waals surface area contributed by atoms with Crippen molar-refractivity contribution >= 4 is 29.0 Å². The van der Waals surface area contributed by atoms with Gasteiger partial charge in [0.05, 0.1) is 30.2 Å². The van der Waals surface area contributed by atoms with Gasteiger partial charge in [-0.15, -0.1) is 0 Å². The number of allylic oxidation sites excluding steroid dienone is 3. The Hall–Kier alpha value is -4.25. The van der Waals surface area contributed by atoms with Gasteiger partial charge in [0.1, 0.15) is 0 Å². The number of ether oxygens (including phenoxy) is 1. The van der Waals surface area contributed by atoms with Crippen molar-refractivity contribution in [2.24, 2.45) is 23.7 Å². The first kappa shape index (κ1) is 21.3. The highest BCUT2D eigenvalue weighted by atomic mass is 16.5. The number of benzene rings is 3. The molecule has 1 saturated carbocycles. The summed E-state index contributed by atoms with van der Waals surface area (Å²) < 4.78 is 4.89. The molecule has 6 rings (SSSR count). The van der Waals surface area contributed by atoms with E-state index in [1.54, 1.807) is 24.3 Å². The van der Waals surface area contributed by atoms with Crippen LogP contribution in [0, 0.1) is 23.7 Å². The van der Waals surface area contributed by atoms with Crippen molar-refractivity contribution < 1.29 is 19.1 Å². The van der Waals surface area contributed by atoms with Gasteiger partial charge < -0.3 is 4.74 Å². The number of anilines is 1. The van der Waals surface area contributed by atoms with Gasteiger partial charge in [-0.1, -0.05) is 84.9 Å². The van der Waals surface area contributed by atoms with Crippen molar-refractivity contribution in [3.8, 4) is 0 Å². The first-order valence-corrected chi connectivity index (χ1v) is 11.7. The Balaban J connectivity index is 1.48. The van der Waals surface area contributed by atoms with Gasteiger partial charge in [-0.05, 0) is 34.4 Å². The minimum atomic E-state index is -0.574. The Labute approximate surface area is 203 Å². The van der Waals surface area contributed by atoms with Gasteiger partial charge in [0, 0.05) is 11.8 Å². The highest BCUT2D eigenvalue weighted by Crippen LogP contribution is 2.59. The molecule has 0 unspecified atom stereocenters. The second kappa shape index (κ2) is 8.20. The van der Waals surface area contributed by atoms with Crippen molar-refractivity contribution in [3.63, 3.8) is 0 Å². The molecule has 2 fully saturated rings. The van der Waals surface area contributed by atoms with Crippen LogP contribution in [0.5, 0.6) is 0 Å². The molecule has 5 heteroatoms. The first-order chi connectivity index (χ1) is 17.1. The molecule has 3 aliphatic rings. The lowest BCUT2D eigenvalue weighted by molar-refractivity contribution is -0.122. The van der Waals surface area contributed by atoms with Gasteiger partial charge in [-0.25, -0.2) is 9.69 Å². The molecule has 1 aliphatic heterocycles. The van der Waals surface area contributed by atoms with Crippen LogP contribution in [0.25, 0.3) is 5.57 Å². The van der Waals surface area contributed by atoms with E-state index >= 15 is 0 Å². The second-order valence-electron chi connectivity index (χ2n) is 9.07. The summed E-state index contributed by atoms with van der Waals surface area (Å²) in [6.45, 7) is 0. The third-order valence-corrected chi connectivity index (χ3v) is 7.38. The summed E-state index contributed by atoms with van der Waals surface area (Å²) in [5, 5.41) is 0. The molecule has 172 valence electrons. The Kier molecular flexibility index (Phi) is 4.99. The highest BCUT2D eigenvalue weighted by Gasteiger charge is 2.62. The zero-order chi connectivity index (χ0) is 24.1. The highest BCUT2D eigenvalue weighted by molar-refractivity contribution is 6.25. The van der Waals surface area contributed by atoms with Crippen molar-refractivity contribution in [3.05, 3.63) is 119 Å². The fraction of sp³-hybridized carbons (Fsp3) is 0.167. The maximum Gasteiger partial charge on any atom is 0.339 e. The van der Waals surface area contributed by atoms with Crippen molar-refractivity contribution in [1.29, 1.82) is 0 Å². The van der Waals surface area contributed by atoms with E-state index in [4.69, 9.17) is 4.74 Å². The first-order valence-electron chi connectivity index (χ1n) is 11.7. The summed E-state index contributed by atoms with van der Waals surface area (Å²) in [5.41, 5.74) is 4.85. The lowest BCUT2D eigenvalue weighted by Crippen LogP contribution is -2.34. The number of carbonyl (C=O) groups excluding carboxylic acids is 3. The van der Waals surface area contributed by atoms with Crippen LogP contribution in [0.4, 0.5) is 5.69 Å². The van der Waals surface area contributed by atoms with Crippen LogP contribution in [0.2, 0.25) is 0 Å². The molecule has 35 heavy (non-hydrogen) atoms. The number of hydrogen-bond acceptors (Lipinski definition) is 4. The number of para-hydroxylation sites is 1. The van der Waals surface area contributed by atoms with Crippen molar-refractivity contribution in [2.45, 2.75) is 0 Å². The topological polar surface area (TPSA) is 63.7 Å². The van der Waals surface area contributed by atoms with E-state index in [0.29, 0.717) is 5.69 Å². The molecular weight excluding hydrogens is 438 g/mol. The number of methoxy groups -OCH3 is 1. The van der Waals surface area contributed by atoms with Crippen molar-refractivity contribution in [1.82, 2.24) is 0 Å². The zero-order valence-corrected chi connectivity index (χ0v) is 19.1. The number of hydrogen-bond donors (Lipinski definition) is 0. The van der Waals surface area contributed by atoms with Gasteiger partial charge in [0.2, 0.25) is 11.8 Å². The Bertz CT molecular complexity index is 1330. The zero-order valence-electron chi connectivity index (χ0n) is 19.1. The fourth-order valence-electron chi connectivity index (χ4n) is 5.99. The standard InChI is InChI=1S/C30H23NO4/c1-35-30(34)20-14-8-9-15-23(20)31-28(32)26-21-16-17-22(27(26)29(31)33)25(21)24(18-10-4-2-5-11-18)19-12-6-3-7-13-19/h2-17,21-22,26-27H,1H3/t21-,22-,26+,27+/m0/s1. The van der Waals surface area contributed by atoms with E-state index < -0.39 is 17.8 Å². The van der Waals surface area contributed by atoms with Crippen LogP contribution in [-0.4, -0.2) is 24.9 Å². The van der Waals surface area contributed by atoms with Crippen LogP contribution in [-0.2, 0) is 14.3 Å². The van der Waals surface area contributed by atoms with Gasteiger partial charge in [-0.2, -0.15) is 0 Å². The summed E-state index contributed by atoms with van der Waals surface area (Å²) in [6, 6.07) is 26.9. The molecule has 3 aromatic carbocycles. The number of carbonyl (C=O) groups is 3. The van der Waals surface area contributed by atoms with Gasteiger partial charge in [0.25, 0.3) is 0 Å². The maximum absolute atomic E-state index is 13.8. The fourth-order valence-corrected chi connectivity index (χ4v) is 5.99. The number of esters is 1. The molecule has 0 aromatic heterocycles. The Morgan fingerprint density at radius 2 is 1.20 bits per heavy atom. The summed E-state index contributed by atoms with van der Waals surface area (Å²) in [6.07, 6.45) is 4.15. The minimum Gasteiger partial charge on any atom is -0.465 e. The van der Waals surface area contributed by atoms with Crippen LogP contribution < -0.4 is 4.90 Å². The average molecular weight is 462 g/mol. The number of imide groups is 1. The normalized spacial score (nSPS) is 24.1. The molecule has 2 aliphatic carbocycles. The number of nitrogens with zero attached hydrogens (tertiary/aromatic N) is 1. The van der Waals surface area contributed by atoms with E-state index in [-0.39, 0.29) is 29.2 Å². The van der Waals surface area contributed by atoms with E-state index in [9.17, 15) is 14.4 Å². The minimum absolute atomic E-state index is 0.174. The summed E-state index contributed by atoms with van der Waals surface area (Å²) in [4.78, 5) is 41.1. The Morgan fingerprint density at radius 3 is 1.71 bits per heavy atom. The van der Waals surface area contributed by atoms with Crippen LogP contribution in [0.1, 0.15) is 21.5 Å². The second-order valence-corrected chi connectivity index (χ2v) is 9.07. The molecular formula is C30H23NO4. The lowest BCUT2D eigenvalue weighted by Gasteiger charge is -2.22. The smallest absolute Gasteiger partial charge is 0.339 e. The number of amides is 2. The third kappa shape index (κ3) is 3.12. The predicted octanol–water partition coefficient (Wildman–Crippen LogP) is 4.90. The molecule has 1 heterocycles. The molecule has 0 spiro atoms. The molecule has 3 aromatic rings. The van der Waals surface area contributed by atoms with Gasteiger partial charge >= 0.3 is 5.97 Å². The average Bonchev–Trinajstić information content (AvgIpc) is 3.54. The number of rotatable bonds is 4. The monoisotopic (exact) mass is 461 g/mol. The Morgan fingerprint density at radius 1 is 0.714 bits per heavy atom. The van der Waals surface area contributed by atoms with Crippen LogP contribution >= 0.6 is 0 Å². The molecule has 2 bridgehead atoms. The SMILES string of the molecule is COC(=O)c1ccccc1N1C(=O)[C@H]2[C@H](C1=O)[C@H]1C=C[C@H]2C1=C(c1ccccc1)c1ccccc1. The van der Waals surface area contributed by atoms with Crippen LogP contribution in [0.3, 0.4) is 0 Å². The summed E-state index contributed by atoms with van der Waals surface area (Å²) in [5.74, 6) is -2.41. The summed E-state index contributed by atoms with van der Waals surface area (Å²) in [7, 11) is 1.29. The number of fused-ring (bicyclic) bond motifs is 5. The third-order valence-electron chi connectivity index (χ3n) is 7.38. The summed E-state index contributed by atoms with van der Waals surface area (Å²) >= 11 is 0. The predicted molar refractivity (Wildman–Crippen MR) is 132 cm³/mol. The van der Waals surface area contributed by atoms with E-state index in [0.717, 1.165) is 22.3 Å². The molecule has 1 saturated heterocycles. The molecule has 0 N–H and O–H groups in total. The molecule has 5 nitrogen and oxygen atoms in total. The quantitative estimate of drug-likeness (QED) is 0.315. The molecule has 2 amide bonds. The van der Waals surface area contributed by atoms with Crippen molar-refractivity contribution in [2.75, 3.05) is 12.0 Å². The maximum atomic E-state index is 13.8. The van der Waals surface area contributed by atoms with E-state index in [2.05, 4.69) is 36.4 Å². The van der Waals surface area contributed by atoms with Gasteiger partial charge in [-0.3, -0.25) is 9.59 Å². The van der Waals surface area contributed by atoms with Gasteiger partial charge in [0.15, 0.2) is 0 Å².